The molecule has 2 heterocycles. The van der Waals surface area contributed by atoms with Gasteiger partial charge in [-0.05, 0) is 42.0 Å². The van der Waals surface area contributed by atoms with Crippen LogP contribution in [-0.4, -0.2) is 14.5 Å². The lowest BCUT2D eigenvalue weighted by molar-refractivity contribution is 0.580. The van der Waals surface area contributed by atoms with E-state index in [0.717, 1.165) is 22.8 Å². The number of hydrogen-bond acceptors (Lipinski definition) is 3. The number of imidazole rings is 1. The first-order valence-electron chi connectivity index (χ1n) is 7.86. The van der Waals surface area contributed by atoms with Crippen LogP contribution < -0.4 is 5.32 Å². The third-order valence-corrected chi connectivity index (χ3v) is 4.16. The fourth-order valence-electron chi connectivity index (χ4n) is 2.74. The van der Waals surface area contributed by atoms with Crippen LogP contribution in [0.5, 0.6) is 0 Å². The third kappa shape index (κ3) is 3.36. The predicted octanol–water partition coefficient (Wildman–Crippen LogP) is 4.96. The maximum absolute atomic E-state index is 13.3. The number of pyridine rings is 1. The van der Waals surface area contributed by atoms with Gasteiger partial charge in [-0.15, -0.1) is 0 Å². The summed E-state index contributed by atoms with van der Waals surface area (Å²) < 4.78 is 28.4. The molecule has 0 atom stereocenters. The van der Waals surface area contributed by atoms with Gasteiger partial charge in [-0.25, -0.2) is 18.7 Å². The quantitative estimate of drug-likeness (QED) is 0.552. The van der Waals surface area contributed by atoms with Crippen molar-refractivity contribution in [3.05, 3.63) is 83.3 Å². The standard InChI is InChI=1S/C19H13ClF2N4/c20-13-1-2-17-18(7-13)26(11-25-17)19-9-16(3-4-23-19)24-10-12-5-14(21)8-15(22)6-12/h1-9,11H,10H2,(H,23,24). The zero-order valence-electron chi connectivity index (χ0n) is 13.5. The molecule has 0 saturated heterocycles. The van der Waals surface area contributed by atoms with Gasteiger partial charge in [-0.1, -0.05) is 11.6 Å². The molecule has 0 amide bonds. The number of fused-ring (bicyclic) bond motifs is 1. The van der Waals surface area contributed by atoms with Crippen molar-refractivity contribution >= 4 is 28.3 Å². The normalized spacial score (nSPS) is 11.0. The Hall–Kier alpha value is -2.99. The first-order valence-corrected chi connectivity index (χ1v) is 8.24. The van der Waals surface area contributed by atoms with Crippen molar-refractivity contribution in [1.29, 1.82) is 0 Å². The lowest BCUT2D eigenvalue weighted by Crippen LogP contribution is -2.03. The molecule has 7 heteroatoms. The molecular weight excluding hydrogens is 358 g/mol. The number of nitrogens with zero attached hydrogens (tertiary/aromatic N) is 3. The van der Waals surface area contributed by atoms with Gasteiger partial charge in [0.1, 0.15) is 23.8 Å². The van der Waals surface area contributed by atoms with Crippen LogP contribution in [0, 0.1) is 11.6 Å². The van der Waals surface area contributed by atoms with Gasteiger partial charge in [-0.3, -0.25) is 4.57 Å². The van der Waals surface area contributed by atoms with Gasteiger partial charge in [0.25, 0.3) is 0 Å². The summed E-state index contributed by atoms with van der Waals surface area (Å²) in [4.78, 5) is 8.70. The molecule has 0 aliphatic rings. The summed E-state index contributed by atoms with van der Waals surface area (Å²) in [6.07, 6.45) is 3.33. The summed E-state index contributed by atoms with van der Waals surface area (Å²) in [7, 11) is 0. The molecule has 2 aromatic carbocycles. The van der Waals surface area contributed by atoms with Crippen LogP contribution in [0.3, 0.4) is 0 Å². The summed E-state index contributed by atoms with van der Waals surface area (Å²) >= 11 is 6.07. The van der Waals surface area contributed by atoms with E-state index >= 15 is 0 Å². The molecule has 1 N–H and O–H groups in total. The largest absolute Gasteiger partial charge is 0.381 e. The zero-order valence-corrected chi connectivity index (χ0v) is 14.2. The highest BCUT2D eigenvalue weighted by Crippen LogP contribution is 2.22. The second-order valence-corrected chi connectivity index (χ2v) is 6.22. The predicted molar refractivity (Wildman–Crippen MR) is 97.6 cm³/mol. The molecule has 2 aromatic heterocycles. The van der Waals surface area contributed by atoms with E-state index in [-0.39, 0.29) is 6.54 Å². The lowest BCUT2D eigenvalue weighted by Gasteiger charge is -2.09. The number of nitrogens with one attached hydrogen (secondary N) is 1. The Morgan fingerprint density at radius 1 is 0.962 bits per heavy atom. The summed E-state index contributed by atoms with van der Waals surface area (Å²) in [5, 5.41) is 3.76. The van der Waals surface area contributed by atoms with Gasteiger partial charge in [0.15, 0.2) is 0 Å². The number of halogens is 3. The molecule has 0 unspecified atom stereocenters. The Labute approximate surface area is 153 Å². The molecular formula is C19H13ClF2N4. The van der Waals surface area contributed by atoms with Gasteiger partial charge in [0, 0.05) is 35.6 Å². The van der Waals surface area contributed by atoms with Gasteiger partial charge < -0.3 is 5.32 Å². The van der Waals surface area contributed by atoms with E-state index in [1.165, 1.54) is 12.1 Å². The average Bonchev–Trinajstić information content (AvgIpc) is 3.02. The Morgan fingerprint density at radius 2 is 1.77 bits per heavy atom. The van der Waals surface area contributed by atoms with Crippen LogP contribution in [0.25, 0.3) is 16.9 Å². The van der Waals surface area contributed by atoms with Gasteiger partial charge in [0.2, 0.25) is 0 Å². The highest BCUT2D eigenvalue weighted by molar-refractivity contribution is 6.31. The van der Waals surface area contributed by atoms with Gasteiger partial charge >= 0.3 is 0 Å². The number of benzene rings is 2. The molecule has 130 valence electrons. The van der Waals surface area contributed by atoms with Crippen LogP contribution >= 0.6 is 11.6 Å². The topological polar surface area (TPSA) is 42.7 Å². The Bertz CT molecular complexity index is 1070. The first-order chi connectivity index (χ1) is 12.6. The minimum atomic E-state index is -0.598. The monoisotopic (exact) mass is 370 g/mol. The van der Waals surface area contributed by atoms with E-state index in [1.807, 2.05) is 22.8 Å². The lowest BCUT2D eigenvalue weighted by atomic mass is 10.2. The second-order valence-electron chi connectivity index (χ2n) is 5.78. The first kappa shape index (κ1) is 16.5. The van der Waals surface area contributed by atoms with Gasteiger partial charge in [0.05, 0.1) is 11.0 Å². The molecule has 0 aliphatic carbocycles. The highest BCUT2D eigenvalue weighted by Gasteiger charge is 2.07. The molecule has 0 fully saturated rings. The Balaban J connectivity index is 1.61. The minimum Gasteiger partial charge on any atom is -0.381 e. The van der Waals surface area contributed by atoms with Crippen LogP contribution in [0.2, 0.25) is 5.02 Å². The molecule has 0 aliphatic heterocycles. The van der Waals surface area contributed by atoms with Crippen molar-refractivity contribution in [3.63, 3.8) is 0 Å². The zero-order chi connectivity index (χ0) is 18.1. The molecule has 0 spiro atoms. The summed E-state index contributed by atoms with van der Waals surface area (Å²) in [5.74, 6) is -0.539. The van der Waals surface area contributed by atoms with Crippen molar-refractivity contribution < 1.29 is 8.78 Å². The van der Waals surface area contributed by atoms with Crippen molar-refractivity contribution in [2.45, 2.75) is 6.54 Å². The Kier molecular flexibility index (Phi) is 4.26. The van der Waals surface area contributed by atoms with Crippen molar-refractivity contribution in [3.8, 4) is 5.82 Å². The summed E-state index contributed by atoms with van der Waals surface area (Å²) in [6, 6.07) is 12.5. The minimum absolute atomic E-state index is 0.286. The molecule has 4 rings (SSSR count). The van der Waals surface area contributed by atoms with Crippen molar-refractivity contribution in [2.24, 2.45) is 0 Å². The Morgan fingerprint density at radius 3 is 2.58 bits per heavy atom. The van der Waals surface area contributed by atoms with Crippen LogP contribution in [0.1, 0.15) is 5.56 Å². The molecule has 0 bridgehead atoms. The summed E-state index contributed by atoms with van der Waals surface area (Å²) in [6.45, 7) is 0.286. The number of anilines is 1. The maximum Gasteiger partial charge on any atom is 0.140 e. The van der Waals surface area contributed by atoms with E-state index in [4.69, 9.17) is 11.6 Å². The third-order valence-electron chi connectivity index (χ3n) is 3.92. The average molecular weight is 371 g/mol. The number of hydrogen-bond donors (Lipinski definition) is 1. The molecule has 0 saturated carbocycles. The molecule has 26 heavy (non-hydrogen) atoms. The van der Waals surface area contributed by atoms with Crippen LogP contribution in [0.15, 0.2) is 61.1 Å². The van der Waals surface area contributed by atoms with Crippen LogP contribution in [-0.2, 0) is 6.54 Å². The molecule has 4 nitrogen and oxygen atoms in total. The molecule has 0 radical (unpaired) electrons. The highest BCUT2D eigenvalue weighted by atomic mass is 35.5. The SMILES string of the molecule is Fc1cc(F)cc(CNc2ccnc(-n3cnc4ccc(Cl)cc43)c2)c1. The van der Waals surface area contributed by atoms with Crippen LogP contribution in [0.4, 0.5) is 14.5 Å². The van der Waals surface area contributed by atoms with E-state index in [9.17, 15) is 8.78 Å². The second kappa shape index (κ2) is 6.72. The van der Waals surface area contributed by atoms with Crippen molar-refractivity contribution in [2.75, 3.05) is 5.32 Å². The van der Waals surface area contributed by atoms with E-state index < -0.39 is 11.6 Å². The number of rotatable bonds is 4. The number of aromatic nitrogens is 3. The van der Waals surface area contributed by atoms with Gasteiger partial charge in [-0.2, -0.15) is 0 Å². The summed E-state index contributed by atoms with van der Waals surface area (Å²) in [5.41, 5.74) is 2.93. The molecule has 4 aromatic rings. The smallest absolute Gasteiger partial charge is 0.140 e. The maximum atomic E-state index is 13.3. The van der Waals surface area contributed by atoms with E-state index in [1.54, 1.807) is 24.7 Å². The van der Waals surface area contributed by atoms with Crippen molar-refractivity contribution in [1.82, 2.24) is 14.5 Å². The van der Waals surface area contributed by atoms with E-state index in [2.05, 4.69) is 15.3 Å². The fraction of sp³-hybridized carbons (Fsp3) is 0.0526. The van der Waals surface area contributed by atoms with E-state index in [0.29, 0.717) is 16.4 Å². The fourth-order valence-corrected chi connectivity index (χ4v) is 2.91.